The minimum atomic E-state index is 0.335. The van der Waals surface area contributed by atoms with Crippen molar-refractivity contribution in [3.63, 3.8) is 0 Å². The second kappa shape index (κ2) is 7.59. The van der Waals surface area contributed by atoms with Crippen LogP contribution in [0.2, 0.25) is 0 Å². The first kappa shape index (κ1) is 15.3. The Morgan fingerprint density at radius 2 is 1.90 bits per heavy atom. The summed E-state index contributed by atoms with van der Waals surface area (Å²) in [5.74, 6) is 1.42. The van der Waals surface area contributed by atoms with E-state index in [2.05, 4.69) is 35.2 Å². The Hall–Kier alpha value is -1.14. The average molecular weight is 279 g/mol. The van der Waals surface area contributed by atoms with Crippen LogP contribution >= 0.6 is 0 Å². The SMILES string of the molecule is CNCC1NNC(c2ccc(OCCOC)cc2)C1C. The molecular weight excluding hydrogens is 254 g/mol. The molecule has 0 saturated carbocycles. The number of benzene rings is 1. The lowest BCUT2D eigenvalue weighted by Gasteiger charge is -2.18. The molecule has 0 aliphatic carbocycles. The van der Waals surface area contributed by atoms with Gasteiger partial charge < -0.3 is 14.8 Å². The number of hydrogen-bond donors (Lipinski definition) is 3. The van der Waals surface area contributed by atoms with Gasteiger partial charge in [-0.3, -0.25) is 5.43 Å². The summed E-state index contributed by atoms with van der Waals surface area (Å²) in [7, 11) is 3.65. The van der Waals surface area contributed by atoms with E-state index in [1.54, 1.807) is 7.11 Å². The molecular formula is C15H25N3O2. The van der Waals surface area contributed by atoms with Crippen molar-refractivity contribution in [1.82, 2.24) is 16.2 Å². The summed E-state index contributed by atoms with van der Waals surface area (Å²) < 4.78 is 10.5. The van der Waals surface area contributed by atoms with Gasteiger partial charge in [0, 0.05) is 19.7 Å². The van der Waals surface area contributed by atoms with Crippen LogP contribution in [0.15, 0.2) is 24.3 Å². The number of likely N-dealkylation sites (N-methyl/N-ethyl adjacent to an activating group) is 1. The molecule has 1 aromatic carbocycles. The van der Waals surface area contributed by atoms with Crippen LogP contribution in [0.3, 0.4) is 0 Å². The van der Waals surface area contributed by atoms with E-state index < -0.39 is 0 Å². The number of methoxy groups -OCH3 is 1. The van der Waals surface area contributed by atoms with E-state index in [0.717, 1.165) is 12.3 Å². The Bertz CT molecular complexity index is 397. The summed E-state index contributed by atoms with van der Waals surface area (Å²) in [5.41, 5.74) is 8.01. The minimum Gasteiger partial charge on any atom is -0.491 e. The molecule has 1 aromatic rings. The summed E-state index contributed by atoms with van der Waals surface area (Å²) in [5, 5.41) is 3.22. The van der Waals surface area contributed by atoms with Crippen LogP contribution in [-0.2, 0) is 4.74 Å². The fourth-order valence-electron chi connectivity index (χ4n) is 2.55. The lowest BCUT2D eigenvalue weighted by atomic mass is 9.91. The lowest BCUT2D eigenvalue weighted by Crippen LogP contribution is -2.38. The standard InChI is InChI=1S/C15H25N3O2/c1-11-14(10-16-2)17-18-15(11)12-4-6-13(7-5-12)20-9-8-19-3/h4-7,11,14-18H,8-10H2,1-3H3. The minimum absolute atomic E-state index is 0.335. The zero-order valence-electron chi connectivity index (χ0n) is 12.5. The Morgan fingerprint density at radius 3 is 2.55 bits per heavy atom. The van der Waals surface area contributed by atoms with Crippen molar-refractivity contribution in [3.05, 3.63) is 29.8 Å². The molecule has 3 N–H and O–H groups in total. The van der Waals surface area contributed by atoms with Gasteiger partial charge in [-0.1, -0.05) is 19.1 Å². The van der Waals surface area contributed by atoms with E-state index in [1.165, 1.54) is 5.56 Å². The molecule has 5 heteroatoms. The summed E-state index contributed by atoms with van der Waals surface area (Å²) in [6.07, 6.45) is 0. The molecule has 0 bridgehead atoms. The van der Waals surface area contributed by atoms with Gasteiger partial charge in [0.05, 0.1) is 12.6 Å². The molecule has 0 aromatic heterocycles. The fourth-order valence-corrected chi connectivity index (χ4v) is 2.55. The topological polar surface area (TPSA) is 54.5 Å². The third kappa shape index (κ3) is 3.70. The fraction of sp³-hybridized carbons (Fsp3) is 0.600. The van der Waals surface area contributed by atoms with Gasteiger partial charge in [-0.25, -0.2) is 5.43 Å². The molecule has 0 radical (unpaired) electrons. The van der Waals surface area contributed by atoms with E-state index in [-0.39, 0.29) is 0 Å². The van der Waals surface area contributed by atoms with Gasteiger partial charge >= 0.3 is 0 Å². The molecule has 3 atom stereocenters. The van der Waals surface area contributed by atoms with Crippen LogP contribution in [0, 0.1) is 5.92 Å². The van der Waals surface area contributed by atoms with Crippen LogP contribution in [0.1, 0.15) is 18.5 Å². The van der Waals surface area contributed by atoms with Crippen molar-refractivity contribution in [3.8, 4) is 5.75 Å². The van der Waals surface area contributed by atoms with Gasteiger partial charge in [0.25, 0.3) is 0 Å². The third-order valence-electron chi connectivity index (χ3n) is 3.80. The zero-order valence-corrected chi connectivity index (χ0v) is 12.5. The first-order valence-corrected chi connectivity index (χ1v) is 7.13. The predicted molar refractivity (Wildman–Crippen MR) is 79.7 cm³/mol. The Labute approximate surface area is 121 Å². The highest BCUT2D eigenvalue weighted by Gasteiger charge is 2.32. The molecule has 20 heavy (non-hydrogen) atoms. The average Bonchev–Trinajstić information content (AvgIpc) is 2.82. The van der Waals surface area contributed by atoms with E-state index in [1.807, 2.05) is 19.2 Å². The summed E-state index contributed by atoms with van der Waals surface area (Å²) in [6.45, 7) is 4.42. The summed E-state index contributed by atoms with van der Waals surface area (Å²) >= 11 is 0. The number of ether oxygens (including phenoxy) is 2. The highest BCUT2D eigenvalue weighted by atomic mass is 16.5. The van der Waals surface area contributed by atoms with Gasteiger partial charge in [-0.2, -0.15) is 0 Å². The van der Waals surface area contributed by atoms with Crippen molar-refractivity contribution in [1.29, 1.82) is 0 Å². The van der Waals surface area contributed by atoms with E-state index in [9.17, 15) is 0 Å². The van der Waals surface area contributed by atoms with Crippen LogP contribution in [0.4, 0.5) is 0 Å². The second-order valence-electron chi connectivity index (χ2n) is 5.20. The largest absolute Gasteiger partial charge is 0.491 e. The van der Waals surface area contributed by atoms with Crippen molar-refractivity contribution >= 4 is 0 Å². The first-order valence-electron chi connectivity index (χ1n) is 7.13. The molecule has 5 nitrogen and oxygen atoms in total. The number of rotatable bonds is 7. The van der Waals surface area contributed by atoms with Crippen LogP contribution < -0.4 is 20.9 Å². The van der Waals surface area contributed by atoms with Gasteiger partial charge in [0.15, 0.2) is 0 Å². The molecule has 1 fully saturated rings. The molecule has 112 valence electrons. The molecule has 3 unspecified atom stereocenters. The van der Waals surface area contributed by atoms with Gasteiger partial charge in [0.2, 0.25) is 0 Å². The molecule has 1 saturated heterocycles. The van der Waals surface area contributed by atoms with Gasteiger partial charge in [0.1, 0.15) is 12.4 Å². The number of hydrogen-bond acceptors (Lipinski definition) is 5. The smallest absolute Gasteiger partial charge is 0.119 e. The van der Waals surface area contributed by atoms with Gasteiger partial charge in [-0.15, -0.1) is 0 Å². The number of hydrazine groups is 1. The van der Waals surface area contributed by atoms with Crippen LogP contribution in [0.5, 0.6) is 5.75 Å². The highest BCUT2D eigenvalue weighted by Crippen LogP contribution is 2.29. The van der Waals surface area contributed by atoms with Crippen LogP contribution in [-0.4, -0.2) is 40.0 Å². The first-order chi connectivity index (χ1) is 9.76. The van der Waals surface area contributed by atoms with Gasteiger partial charge in [-0.05, 0) is 30.7 Å². The van der Waals surface area contributed by atoms with Crippen molar-refractivity contribution in [2.24, 2.45) is 5.92 Å². The molecule has 1 aliphatic heterocycles. The van der Waals surface area contributed by atoms with Crippen molar-refractivity contribution in [2.75, 3.05) is 33.9 Å². The Balaban J connectivity index is 1.93. The second-order valence-corrected chi connectivity index (χ2v) is 5.20. The van der Waals surface area contributed by atoms with E-state index in [4.69, 9.17) is 9.47 Å². The quantitative estimate of drug-likeness (QED) is 0.652. The maximum absolute atomic E-state index is 5.58. The zero-order chi connectivity index (χ0) is 14.4. The number of nitrogens with one attached hydrogen (secondary N) is 3. The molecule has 2 rings (SSSR count). The highest BCUT2D eigenvalue weighted by molar-refractivity contribution is 5.30. The normalized spacial score (nSPS) is 25.9. The monoisotopic (exact) mass is 279 g/mol. The van der Waals surface area contributed by atoms with Crippen LogP contribution in [0.25, 0.3) is 0 Å². The lowest BCUT2D eigenvalue weighted by molar-refractivity contribution is 0.146. The molecule has 0 amide bonds. The van der Waals surface area contributed by atoms with E-state index >= 15 is 0 Å². The summed E-state index contributed by atoms with van der Waals surface area (Å²) in [6, 6.07) is 9.07. The van der Waals surface area contributed by atoms with E-state index in [0.29, 0.717) is 31.2 Å². The molecule has 0 spiro atoms. The maximum Gasteiger partial charge on any atom is 0.119 e. The van der Waals surface area contributed by atoms with Crippen molar-refractivity contribution < 1.29 is 9.47 Å². The Morgan fingerprint density at radius 1 is 1.15 bits per heavy atom. The Kier molecular flexibility index (Phi) is 5.79. The third-order valence-corrected chi connectivity index (χ3v) is 3.80. The van der Waals surface area contributed by atoms with Crippen molar-refractivity contribution in [2.45, 2.75) is 19.0 Å². The predicted octanol–water partition coefficient (Wildman–Crippen LogP) is 1.08. The maximum atomic E-state index is 5.58. The molecule has 1 heterocycles. The summed E-state index contributed by atoms with van der Waals surface area (Å²) in [4.78, 5) is 0. The molecule has 1 aliphatic rings.